The molecule has 0 aliphatic carbocycles. The molecule has 2 N–H and O–H groups in total. The number of allylic oxidation sites excluding steroid dienone is 1. The quantitative estimate of drug-likeness (QED) is 0.473. The van der Waals surface area contributed by atoms with Crippen LogP contribution < -0.4 is 20.1 Å². The van der Waals surface area contributed by atoms with E-state index in [4.69, 9.17) is 14.2 Å². The number of amides is 2. The van der Waals surface area contributed by atoms with Crippen LogP contribution in [0.25, 0.3) is 0 Å². The number of methoxy groups -OCH3 is 1. The minimum absolute atomic E-state index is 0.241. The Kier molecular flexibility index (Phi) is 7.53. The second kappa shape index (κ2) is 9.64. The molecule has 8 heteroatoms. The van der Waals surface area contributed by atoms with E-state index in [0.29, 0.717) is 39.4 Å². The van der Waals surface area contributed by atoms with E-state index in [-0.39, 0.29) is 12.6 Å². The van der Waals surface area contributed by atoms with Crippen molar-refractivity contribution in [1.82, 2.24) is 10.6 Å². The summed E-state index contributed by atoms with van der Waals surface area (Å²) in [6, 6.07) is 2.48. The van der Waals surface area contributed by atoms with Crippen molar-refractivity contribution in [3.63, 3.8) is 0 Å². The van der Waals surface area contributed by atoms with E-state index in [1.54, 1.807) is 33.1 Å². The summed E-state index contributed by atoms with van der Waals surface area (Å²) >= 11 is 3.53. The Labute approximate surface area is 167 Å². The van der Waals surface area contributed by atoms with E-state index in [0.717, 1.165) is 12.8 Å². The number of carbonyl (C=O) groups excluding carboxylic acids is 2. The molecule has 1 aliphatic heterocycles. The second-order valence-electron chi connectivity index (χ2n) is 6.02. The number of benzene rings is 1. The first-order valence-corrected chi connectivity index (χ1v) is 9.67. The molecule has 0 unspecified atom stereocenters. The van der Waals surface area contributed by atoms with Crippen molar-refractivity contribution >= 4 is 27.9 Å². The largest absolute Gasteiger partial charge is 0.493 e. The van der Waals surface area contributed by atoms with Crippen molar-refractivity contribution in [3.05, 3.63) is 33.4 Å². The number of halogens is 1. The van der Waals surface area contributed by atoms with Gasteiger partial charge in [-0.1, -0.05) is 29.3 Å². The third-order valence-electron chi connectivity index (χ3n) is 4.11. The third-order valence-corrected chi connectivity index (χ3v) is 4.80. The molecule has 1 aromatic carbocycles. The summed E-state index contributed by atoms with van der Waals surface area (Å²) in [7, 11) is 1.55. The molecule has 0 fully saturated rings. The van der Waals surface area contributed by atoms with Crippen LogP contribution >= 0.6 is 15.9 Å². The molecule has 0 saturated carbocycles. The van der Waals surface area contributed by atoms with Gasteiger partial charge in [0.25, 0.3) is 0 Å². The molecule has 7 nitrogen and oxygen atoms in total. The van der Waals surface area contributed by atoms with Crippen molar-refractivity contribution in [2.45, 2.75) is 39.7 Å². The Morgan fingerprint density at radius 1 is 1.26 bits per heavy atom. The Morgan fingerprint density at radius 3 is 2.63 bits per heavy atom. The van der Waals surface area contributed by atoms with Gasteiger partial charge in [-0.25, -0.2) is 9.59 Å². The molecule has 27 heavy (non-hydrogen) atoms. The van der Waals surface area contributed by atoms with E-state index in [9.17, 15) is 9.59 Å². The van der Waals surface area contributed by atoms with E-state index in [1.165, 1.54) is 0 Å². The maximum atomic E-state index is 12.5. The van der Waals surface area contributed by atoms with Gasteiger partial charge >= 0.3 is 12.0 Å². The van der Waals surface area contributed by atoms with Crippen LogP contribution in [0.1, 0.15) is 45.2 Å². The fourth-order valence-electron chi connectivity index (χ4n) is 2.78. The van der Waals surface area contributed by atoms with Gasteiger partial charge in [-0.2, -0.15) is 0 Å². The number of hydrogen-bond donors (Lipinski definition) is 2. The topological polar surface area (TPSA) is 85.9 Å². The maximum Gasteiger partial charge on any atom is 0.338 e. The third kappa shape index (κ3) is 4.94. The van der Waals surface area contributed by atoms with Crippen LogP contribution in [-0.4, -0.2) is 32.3 Å². The van der Waals surface area contributed by atoms with E-state index < -0.39 is 12.0 Å². The molecule has 148 valence electrons. The predicted octanol–water partition coefficient (Wildman–Crippen LogP) is 3.83. The Hall–Kier alpha value is -2.22. The van der Waals surface area contributed by atoms with Crippen LogP contribution in [0.15, 0.2) is 27.9 Å². The lowest BCUT2D eigenvalue weighted by Crippen LogP contribution is -2.45. The van der Waals surface area contributed by atoms with Crippen molar-refractivity contribution in [3.8, 4) is 11.5 Å². The van der Waals surface area contributed by atoms with Gasteiger partial charge in [0, 0.05) is 10.2 Å². The molecular weight excluding hydrogens is 416 g/mol. The summed E-state index contributed by atoms with van der Waals surface area (Å²) in [6.45, 7) is 6.32. The molecule has 1 aliphatic rings. The van der Waals surface area contributed by atoms with Gasteiger partial charge in [-0.05, 0) is 38.0 Å². The first-order chi connectivity index (χ1) is 12.9. The Morgan fingerprint density at radius 2 is 2.00 bits per heavy atom. The van der Waals surface area contributed by atoms with Crippen LogP contribution in [0.5, 0.6) is 11.5 Å². The number of carbonyl (C=O) groups is 2. The summed E-state index contributed by atoms with van der Waals surface area (Å²) in [5.41, 5.74) is 1.47. The van der Waals surface area contributed by atoms with E-state index in [1.807, 2.05) is 0 Å². The van der Waals surface area contributed by atoms with Gasteiger partial charge in [0.15, 0.2) is 11.5 Å². The van der Waals surface area contributed by atoms with Crippen LogP contribution in [0, 0.1) is 0 Å². The molecule has 1 aromatic rings. The molecule has 1 heterocycles. The highest BCUT2D eigenvalue weighted by molar-refractivity contribution is 9.10. The molecular formula is C19H25BrN2O5. The lowest BCUT2D eigenvalue weighted by atomic mass is 9.95. The number of esters is 1. The van der Waals surface area contributed by atoms with Gasteiger partial charge in [0.2, 0.25) is 0 Å². The number of unbranched alkanes of at least 4 members (excludes halogenated alkanes) is 1. The summed E-state index contributed by atoms with van der Waals surface area (Å²) in [4.78, 5) is 24.5. The first-order valence-electron chi connectivity index (χ1n) is 8.88. The standard InChI is InChI=1S/C19H25BrN2O5/c1-5-7-8-27-15-10-13(20)12(9-14(15)25-4)17-16(18(23)26-6-2)11(3)21-19(24)22-17/h9-10,17H,5-8H2,1-4H3,(H2,21,22,24)/t17-/m0/s1. The molecule has 0 spiro atoms. The van der Waals surface area contributed by atoms with Crippen molar-refractivity contribution in [1.29, 1.82) is 0 Å². The zero-order valence-electron chi connectivity index (χ0n) is 16.0. The summed E-state index contributed by atoms with van der Waals surface area (Å²) in [5, 5.41) is 5.40. The molecule has 0 aromatic heterocycles. The number of ether oxygens (including phenoxy) is 3. The predicted molar refractivity (Wildman–Crippen MR) is 105 cm³/mol. The van der Waals surface area contributed by atoms with Crippen molar-refractivity contribution in [2.75, 3.05) is 20.3 Å². The van der Waals surface area contributed by atoms with Crippen molar-refractivity contribution < 1.29 is 23.8 Å². The van der Waals surface area contributed by atoms with Crippen LogP contribution in [0.4, 0.5) is 4.79 Å². The van der Waals surface area contributed by atoms with Crippen LogP contribution in [-0.2, 0) is 9.53 Å². The Bertz CT molecular complexity index is 748. The summed E-state index contributed by atoms with van der Waals surface area (Å²) < 4.78 is 17.1. The lowest BCUT2D eigenvalue weighted by Gasteiger charge is -2.29. The van der Waals surface area contributed by atoms with Crippen LogP contribution in [0.2, 0.25) is 0 Å². The minimum Gasteiger partial charge on any atom is -0.493 e. The summed E-state index contributed by atoms with van der Waals surface area (Å²) in [6.07, 6.45) is 1.96. The fourth-order valence-corrected chi connectivity index (χ4v) is 3.33. The van der Waals surface area contributed by atoms with Crippen molar-refractivity contribution in [2.24, 2.45) is 0 Å². The SMILES string of the molecule is CCCCOc1cc(Br)c([C@@H]2NC(=O)NC(C)=C2C(=O)OCC)cc1OC. The summed E-state index contributed by atoms with van der Waals surface area (Å²) in [5.74, 6) is 0.639. The Balaban J connectivity index is 2.46. The van der Waals surface area contributed by atoms with Gasteiger partial charge in [0.1, 0.15) is 0 Å². The van der Waals surface area contributed by atoms with Gasteiger partial charge in [0.05, 0.1) is 31.9 Å². The molecule has 1 atom stereocenters. The van der Waals surface area contributed by atoms with Gasteiger partial charge in [-0.15, -0.1) is 0 Å². The zero-order chi connectivity index (χ0) is 20.0. The van der Waals surface area contributed by atoms with Gasteiger partial charge < -0.3 is 24.8 Å². The monoisotopic (exact) mass is 440 g/mol. The number of hydrogen-bond acceptors (Lipinski definition) is 5. The highest BCUT2D eigenvalue weighted by Gasteiger charge is 2.34. The second-order valence-corrected chi connectivity index (χ2v) is 6.87. The normalized spacial score (nSPS) is 16.5. The maximum absolute atomic E-state index is 12.5. The highest BCUT2D eigenvalue weighted by atomic mass is 79.9. The molecule has 0 radical (unpaired) electrons. The number of rotatable bonds is 8. The first kappa shape index (κ1) is 21.1. The zero-order valence-corrected chi connectivity index (χ0v) is 17.6. The molecule has 2 rings (SSSR count). The number of nitrogens with one attached hydrogen (secondary N) is 2. The van der Waals surface area contributed by atoms with Crippen LogP contribution in [0.3, 0.4) is 0 Å². The van der Waals surface area contributed by atoms with E-state index >= 15 is 0 Å². The highest BCUT2D eigenvalue weighted by Crippen LogP contribution is 2.39. The molecule has 0 saturated heterocycles. The van der Waals surface area contributed by atoms with E-state index in [2.05, 4.69) is 33.5 Å². The smallest absolute Gasteiger partial charge is 0.338 e. The number of urea groups is 1. The molecule has 0 bridgehead atoms. The fraction of sp³-hybridized carbons (Fsp3) is 0.474. The minimum atomic E-state index is -0.675. The average molecular weight is 441 g/mol. The molecule has 2 amide bonds. The van der Waals surface area contributed by atoms with Gasteiger partial charge in [-0.3, -0.25) is 0 Å². The lowest BCUT2D eigenvalue weighted by molar-refractivity contribution is -0.139. The average Bonchev–Trinajstić information content (AvgIpc) is 2.61.